The van der Waals surface area contributed by atoms with Crippen molar-refractivity contribution in [3.63, 3.8) is 0 Å². The molecule has 0 radical (unpaired) electrons. The Bertz CT molecular complexity index is 5930. The van der Waals surface area contributed by atoms with Gasteiger partial charge in [0.15, 0.2) is 0 Å². The zero-order chi connectivity index (χ0) is 84.3. The summed E-state index contributed by atoms with van der Waals surface area (Å²) < 4.78 is 282. The standard InChI is InChI=1S/C80H76N4O.Pt/c1-76(2,3)58-37-40-81-74(48-58)84-70-30-21-20-29-64(70)65-34-33-63(50-72(65)84)85-62-28-22-27-61(49-62)82-51-83(71-36-32-54(46-73(71)82)52-23-16-14-17-24-52)75-66(55-31-35-68-69(45-55)80(12,13)39-38-79(68,10)11)43-56(53-25-18-15-19-26-53)44-67(75)57-41-59(77(4,5)6)47-60(42-57)78(7,8)9;/h14-37,40-48H,38-39H2,1-13H3;/q-2;/i10D3,11D3,12D3,13D3,14D,15D,16D,17D,18D,19D,23D,24D,25D,26D,31D,35D,38D2,39D2,45D;. The van der Waals surface area contributed by atoms with Crippen molar-refractivity contribution in [2.45, 2.75) is 130 Å². The van der Waals surface area contributed by atoms with Crippen molar-refractivity contribution >= 4 is 32.8 Å². The first-order chi connectivity index (χ1) is 52.4. The topological polar surface area (TPSA) is 35.9 Å². The number of para-hydroxylation sites is 1. The van der Waals surface area contributed by atoms with Gasteiger partial charge in [-0.1, -0.05) is 222 Å². The number of hydrogen-bond donors (Lipinski definition) is 0. The molecular formula is C80H76N4OPt-2. The fourth-order valence-electron chi connectivity index (χ4n) is 10.8. The van der Waals surface area contributed by atoms with Gasteiger partial charge in [0.1, 0.15) is 5.82 Å². The number of rotatable bonds is 9. The van der Waals surface area contributed by atoms with Crippen LogP contribution in [0.5, 0.6) is 11.5 Å². The molecule has 0 N–H and O–H groups in total. The third kappa shape index (κ3) is 10.8. The average molecular weight is 1330 g/mol. The van der Waals surface area contributed by atoms with Crippen LogP contribution < -0.4 is 9.30 Å². The normalized spacial score (nSPS) is 20.7. The number of fused-ring (bicyclic) bond motifs is 5. The van der Waals surface area contributed by atoms with Crippen LogP contribution in [0, 0.1) is 18.5 Å². The first-order valence-corrected chi connectivity index (χ1v) is 27.7. The van der Waals surface area contributed by atoms with E-state index in [4.69, 9.17) is 26.2 Å². The van der Waals surface area contributed by atoms with Crippen LogP contribution in [-0.2, 0) is 48.1 Å². The molecule has 13 rings (SSSR count). The van der Waals surface area contributed by atoms with Gasteiger partial charge in [-0.3, -0.25) is 4.57 Å². The average Bonchev–Trinajstić information content (AvgIpc) is 1.49. The Labute approximate surface area is 564 Å². The van der Waals surface area contributed by atoms with Gasteiger partial charge in [0.05, 0.1) is 34.5 Å². The largest absolute Gasteiger partial charge is 0.510 e. The first kappa shape index (κ1) is 33.1. The molecule has 0 spiro atoms. The summed E-state index contributed by atoms with van der Waals surface area (Å²) in [6, 6.07) is 26.8. The van der Waals surface area contributed by atoms with Gasteiger partial charge in [-0.15, -0.1) is 29.7 Å². The fraction of sp³-hybridized carbons (Fsp3) is 0.250. The van der Waals surface area contributed by atoms with Crippen LogP contribution in [0.4, 0.5) is 0 Å². The molecule has 0 saturated heterocycles. The number of aromatic nitrogens is 4. The second-order valence-corrected chi connectivity index (χ2v) is 24.5. The zero-order valence-corrected chi connectivity index (χ0v) is 50.8. The molecule has 86 heavy (non-hydrogen) atoms. The van der Waals surface area contributed by atoms with Crippen molar-refractivity contribution in [3.8, 4) is 73.2 Å². The van der Waals surface area contributed by atoms with E-state index < -0.39 is 168 Å². The van der Waals surface area contributed by atoms with Crippen molar-refractivity contribution in [2.24, 2.45) is 0 Å². The number of nitrogens with zero attached hydrogens (tertiary/aromatic N) is 4. The molecule has 9 aromatic carbocycles. The molecule has 1 aliphatic rings. The van der Waals surface area contributed by atoms with E-state index in [1.54, 1.807) is 42.6 Å². The quantitative estimate of drug-likeness (QED) is 0.107. The molecular weight excluding hydrogens is 1230 g/mol. The number of hydrogen-bond acceptors (Lipinski definition) is 2. The van der Waals surface area contributed by atoms with Crippen LogP contribution in [0.2, 0.25) is 0 Å². The van der Waals surface area contributed by atoms with Gasteiger partial charge in [0, 0.05) is 66.2 Å². The van der Waals surface area contributed by atoms with Gasteiger partial charge in [-0.2, -0.15) is 18.2 Å². The van der Waals surface area contributed by atoms with Crippen LogP contribution in [0.15, 0.2) is 200 Å². The molecule has 0 saturated carbocycles. The van der Waals surface area contributed by atoms with Gasteiger partial charge >= 0.3 is 0 Å². The smallest absolute Gasteiger partial charge is 0.268 e. The maximum atomic E-state index is 10.8. The third-order valence-electron chi connectivity index (χ3n) is 15.4. The summed E-state index contributed by atoms with van der Waals surface area (Å²) in [6.45, 7) is -0.0685. The fourth-order valence-corrected chi connectivity index (χ4v) is 10.8. The molecule has 0 amide bonds. The number of ether oxygens (including phenoxy) is 1. The maximum absolute atomic E-state index is 10.8. The van der Waals surface area contributed by atoms with Crippen molar-refractivity contribution in [1.82, 2.24) is 14.1 Å². The predicted molar refractivity (Wildman–Crippen MR) is 353 cm³/mol. The summed E-state index contributed by atoms with van der Waals surface area (Å²) in [6.07, 6.45) is -4.34. The summed E-state index contributed by atoms with van der Waals surface area (Å²) in [4.78, 5) is 4.81. The van der Waals surface area contributed by atoms with E-state index in [0.29, 0.717) is 22.5 Å². The number of imidazole rings is 1. The van der Waals surface area contributed by atoms with Gasteiger partial charge in [0.2, 0.25) is 0 Å². The molecule has 6 heteroatoms. The van der Waals surface area contributed by atoms with Crippen molar-refractivity contribution in [1.29, 1.82) is 0 Å². The Morgan fingerprint density at radius 1 is 0.547 bits per heavy atom. The summed E-state index contributed by atoms with van der Waals surface area (Å²) >= 11 is 0. The maximum Gasteiger partial charge on any atom is 0.268 e. The molecule has 0 bridgehead atoms. The molecule has 0 fully saturated rings. The Morgan fingerprint density at radius 3 is 1.86 bits per heavy atom. The van der Waals surface area contributed by atoms with Gasteiger partial charge in [-0.05, 0) is 160 Å². The van der Waals surface area contributed by atoms with Gasteiger partial charge in [-0.25, -0.2) is 4.98 Å². The zero-order valence-electron chi connectivity index (χ0n) is 77.6. The minimum Gasteiger partial charge on any atom is -0.510 e. The molecule has 3 aromatic heterocycles. The molecule has 434 valence electrons. The number of pyridine rings is 1. The van der Waals surface area contributed by atoms with Crippen molar-refractivity contribution in [2.75, 3.05) is 0 Å². The SMILES string of the molecule is [2H]c1c([2H])c([2H])c(-c2cc(-c3cc(C(C)(C)C)cc(C(C)(C)C)c3)c(-[n+]3[c-]n(-c4[c-]c(Oc5[c-]c6c(cc5)c5ccccc5n6-c5cc(C(C)(C)C)ccn5)ccc4)c4cc(-c5c([2H])c([2H])c([2H])c([2H])c5[2H])ccc43)c(-c3c([2H])c([2H])c4c(c3[2H])C(C([2H])([2H])[2H])(C([2H])([2H])[2H])C([2H])([2H])C([2H])([2H])C4(C([2H])([2H])[2H])C([2H])([2H])[2H])c2)c([2H])c1[2H].[Pt]. The first-order valence-electron chi connectivity index (χ1n) is 42.2. The minimum atomic E-state index is -4.75. The Morgan fingerprint density at radius 2 is 1.19 bits per heavy atom. The van der Waals surface area contributed by atoms with E-state index in [1.165, 1.54) is 33.4 Å². The second-order valence-electron chi connectivity index (χ2n) is 24.5. The van der Waals surface area contributed by atoms with E-state index in [9.17, 15) is 23.3 Å². The van der Waals surface area contributed by atoms with E-state index >= 15 is 0 Å². The van der Waals surface area contributed by atoms with E-state index in [2.05, 4.69) is 39.2 Å². The second kappa shape index (κ2) is 21.7. The van der Waals surface area contributed by atoms with Crippen LogP contribution in [0.25, 0.3) is 94.5 Å². The molecule has 0 unspecified atom stereocenters. The van der Waals surface area contributed by atoms with Crippen molar-refractivity contribution < 1.29 is 70.1 Å². The summed E-state index contributed by atoms with van der Waals surface area (Å²) in [5.74, 6) is 0.855. The molecule has 1 aliphatic carbocycles. The number of benzene rings is 9. The summed E-state index contributed by atoms with van der Waals surface area (Å²) in [7, 11) is 0. The van der Waals surface area contributed by atoms with E-state index in [0.717, 1.165) is 27.9 Å². The summed E-state index contributed by atoms with van der Waals surface area (Å²) in [5.41, 5.74) is -13.7. The van der Waals surface area contributed by atoms with E-state index in [1.807, 2.05) is 94.6 Å². The molecule has 0 aliphatic heterocycles. The Hall–Kier alpha value is -8.11. The molecule has 0 atom stereocenters. The molecule has 3 heterocycles. The minimum absolute atomic E-state index is 0. The summed E-state index contributed by atoms with van der Waals surface area (Å²) in [5, 5.41) is 1.71. The molecule has 12 aromatic rings. The van der Waals surface area contributed by atoms with Crippen LogP contribution in [0.1, 0.15) is 170 Å². The van der Waals surface area contributed by atoms with E-state index in [-0.39, 0.29) is 88.2 Å². The van der Waals surface area contributed by atoms with Gasteiger partial charge in [0.25, 0.3) is 6.33 Å². The van der Waals surface area contributed by atoms with Crippen LogP contribution >= 0.6 is 0 Å². The Balaban J connectivity index is 0.0000122. The predicted octanol–water partition coefficient (Wildman–Crippen LogP) is 20.5. The molecule has 5 nitrogen and oxygen atoms in total. The third-order valence-corrected chi connectivity index (χ3v) is 15.4. The van der Waals surface area contributed by atoms with Crippen molar-refractivity contribution in [3.05, 3.63) is 246 Å². The Kier molecular flexibility index (Phi) is 8.36. The van der Waals surface area contributed by atoms with Crippen LogP contribution in [-0.4, -0.2) is 14.1 Å². The van der Waals surface area contributed by atoms with Crippen LogP contribution in [0.3, 0.4) is 0 Å². The monoisotopic (exact) mass is 1330 g/mol. The van der Waals surface area contributed by atoms with Gasteiger partial charge < -0.3 is 13.9 Å².